The molecule has 0 unspecified atom stereocenters. The molecule has 4 nitrogen and oxygen atoms in total. The average molecular weight is 222 g/mol. The van der Waals surface area contributed by atoms with Crippen molar-refractivity contribution in [3.05, 3.63) is 23.9 Å². The molecular weight excluding hydrogens is 204 g/mol. The van der Waals surface area contributed by atoms with E-state index in [0.29, 0.717) is 0 Å². The van der Waals surface area contributed by atoms with Crippen LogP contribution in [0.2, 0.25) is 0 Å². The molecule has 0 bridgehead atoms. The van der Waals surface area contributed by atoms with Crippen molar-refractivity contribution in [1.29, 1.82) is 0 Å². The van der Waals surface area contributed by atoms with Gasteiger partial charge in [-0.05, 0) is 25.5 Å². The highest BCUT2D eigenvalue weighted by atomic mass is 16.5. The molecule has 0 amide bonds. The summed E-state index contributed by atoms with van der Waals surface area (Å²) < 4.78 is 5.65. The Labute approximate surface area is 95.9 Å². The number of anilines is 1. The Morgan fingerprint density at radius 2 is 2.31 bits per heavy atom. The first-order valence-corrected chi connectivity index (χ1v) is 5.55. The first kappa shape index (κ1) is 11.4. The predicted octanol–water partition coefficient (Wildman–Crippen LogP) is 1.19. The number of hydrogen-bond donors (Lipinski definition) is 1. The molecule has 16 heavy (non-hydrogen) atoms. The summed E-state index contributed by atoms with van der Waals surface area (Å²) in [6.45, 7) is 6.66. The summed E-state index contributed by atoms with van der Waals surface area (Å²) in [5, 5.41) is 8.95. The molecule has 0 atom stereocenters. The van der Waals surface area contributed by atoms with Crippen LogP contribution in [0.3, 0.4) is 0 Å². The van der Waals surface area contributed by atoms with E-state index in [4.69, 9.17) is 9.84 Å². The summed E-state index contributed by atoms with van der Waals surface area (Å²) in [6.07, 6.45) is 1.72. The van der Waals surface area contributed by atoms with Gasteiger partial charge in [0.15, 0.2) is 0 Å². The molecule has 2 rings (SSSR count). The number of nitrogens with zero attached hydrogens (tertiary/aromatic N) is 2. The fourth-order valence-corrected chi connectivity index (χ4v) is 1.91. The summed E-state index contributed by atoms with van der Waals surface area (Å²) in [5.74, 6) is 0.952. The van der Waals surface area contributed by atoms with Crippen molar-refractivity contribution in [1.82, 2.24) is 4.98 Å². The molecule has 0 aliphatic carbocycles. The van der Waals surface area contributed by atoms with Gasteiger partial charge in [0.05, 0.1) is 18.8 Å². The van der Waals surface area contributed by atoms with Gasteiger partial charge in [-0.1, -0.05) is 6.07 Å². The Hall–Kier alpha value is -1.13. The van der Waals surface area contributed by atoms with Gasteiger partial charge in [-0.25, -0.2) is 4.98 Å². The number of rotatable bonds is 2. The normalized spacial score (nSPS) is 19.8. The molecule has 1 fully saturated rings. The Balaban J connectivity index is 2.11. The predicted molar refractivity (Wildman–Crippen MR) is 62.4 cm³/mol. The molecule has 1 aliphatic rings. The fraction of sp³-hybridized carbons (Fsp3) is 0.583. The van der Waals surface area contributed by atoms with Gasteiger partial charge in [-0.15, -0.1) is 0 Å². The van der Waals surface area contributed by atoms with Crippen LogP contribution in [0.1, 0.15) is 19.4 Å². The standard InChI is InChI=1S/C12H18N2O2/c1-12(2)9-14(5-6-16-12)11-4-3-10(8-15)7-13-11/h3-4,7,15H,5-6,8-9H2,1-2H3. The van der Waals surface area contributed by atoms with Crippen LogP contribution < -0.4 is 4.90 Å². The van der Waals surface area contributed by atoms with Crippen LogP contribution in [-0.4, -0.2) is 35.4 Å². The van der Waals surface area contributed by atoms with Gasteiger partial charge in [-0.2, -0.15) is 0 Å². The van der Waals surface area contributed by atoms with Crippen LogP contribution in [0.15, 0.2) is 18.3 Å². The molecule has 4 heteroatoms. The SMILES string of the molecule is CC1(C)CN(c2ccc(CO)cn2)CCO1. The van der Waals surface area contributed by atoms with E-state index in [2.05, 4.69) is 23.7 Å². The molecule has 1 aromatic rings. The second-order valence-electron chi connectivity index (χ2n) is 4.71. The fourth-order valence-electron chi connectivity index (χ4n) is 1.91. The van der Waals surface area contributed by atoms with Gasteiger partial charge in [0.25, 0.3) is 0 Å². The molecule has 1 aliphatic heterocycles. The molecule has 1 N–H and O–H groups in total. The van der Waals surface area contributed by atoms with E-state index >= 15 is 0 Å². The Kier molecular flexibility index (Phi) is 3.12. The van der Waals surface area contributed by atoms with Crippen molar-refractivity contribution in [2.24, 2.45) is 0 Å². The third-order valence-electron chi connectivity index (χ3n) is 2.74. The molecule has 2 heterocycles. The van der Waals surface area contributed by atoms with Crippen LogP contribution in [0.5, 0.6) is 0 Å². The molecular formula is C12H18N2O2. The zero-order chi connectivity index (χ0) is 11.6. The lowest BCUT2D eigenvalue weighted by Gasteiger charge is -2.38. The highest BCUT2D eigenvalue weighted by molar-refractivity contribution is 5.40. The molecule has 0 saturated carbocycles. The van der Waals surface area contributed by atoms with Crippen molar-refractivity contribution >= 4 is 5.82 Å². The van der Waals surface area contributed by atoms with Crippen LogP contribution in [0.4, 0.5) is 5.82 Å². The van der Waals surface area contributed by atoms with Gasteiger partial charge in [0, 0.05) is 19.3 Å². The van der Waals surface area contributed by atoms with Crippen LogP contribution in [0, 0.1) is 0 Å². The molecule has 1 aromatic heterocycles. The molecule has 0 spiro atoms. The lowest BCUT2D eigenvalue weighted by molar-refractivity contribution is -0.0279. The van der Waals surface area contributed by atoms with E-state index in [1.54, 1.807) is 6.20 Å². The minimum absolute atomic E-state index is 0.0435. The van der Waals surface area contributed by atoms with Crippen molar-refractivity contribution in [3.63, 3.8) is 0 Å². The number of pyridine rings is 1. The maximum atomic E-state index is 8.95. The topological polar surface area (TPSA) is 45.6 Å². The molecule has 1 saturated heterocycles. The monoisotopic (exact) mass is 222 g/mol. The minimum atomic E-state index is -0.115. The first-order chi connectivity index (χ1) is 7.61. The number of aliphatic hydroxyl groups is 1. The van der Waals surface area contributed by atoms with E-state index in [0.717, 1.165) is 31.1 Å². The van der Waals surface area contributed by atoms with Crippen LogP contribution in [-0.2, 0) is 11.3 Å². The summed E-state index contributed by atoms with van der Waals surface area (Å²) >= 11 is 0. The first-order valence-electron chi connectivity index (χ1n) is 5.55. The number of ether oxygens (including phenoxy) is 1. The lowest BCUT2D eigenvalue weighted by atomic mass is 10.1. The minimum Gasteiger partial charge on any atom is -0.392 e. The highest BCUT2D eigenvalue weighted by Crippen LogP contribution is 2.21. The second-order valence-corrected chi connectivity index (χ2v) is 4.71. The quantitative estimate of drug-likeness (QED) is 0.816. The number of morpholine rings is 1. The Morgan fingerprint density at radius 1 is 1.50 bits per heavy atom. The average Bonchev–Trinajstić information content (AvgIpc) is 2.28. The third kappa shape index (κ3) is 2.51. The summed E-state index contributed by atoms with van der Waals surface area (Å²) in [5.41, 5.74) is 0.728. The highest BCUT2D eigenvalue weighted by Gasteiger charge is 2.27. The zero-order valence-corrected chi connectivity index (χ0v) is 9.81. The zero-order valence-electron chi connectivity index (χ0n) is 9.81. The second kappa shape index (κ2) is 4.39. The van der Waals surface area contributed by atoms with Gasteiger partial charge in [0.2, 0.25) is 0 Å². The summed E-state index contributed by atoms with van der Waals surface area (Å²) in [6, 6.07) is 3.86. The van der Waals surface area contributed by atoms with E-state index in [9.17, 15) is 0 Å². The van der Waals surface area contributed by atoms with E-state index in [-0.39, 0.29) is 12.2 Å². The van der Waals surface area contributed by atoms with Gasteiger partial charge >= 0.3 is 0 Å². The molecule has 88 valence electrons. The number of hydrogen-bond acceptors (Lipinski definition) is 4. The van der Waals surface area contributed by atoms with Crippen molar-refractivity contribution < 1.29 is 9.84 Å². The van der Waals surface area contributed by atoms with Gasteiger partial charge < -0.3 is 14.7 Å². The number of aromatic nitrogens is 1. The van der Waals surface area contributed by atoms with Gasteiger partial charge in [-0.3, -0.25) is 0 Å². The summed E-state index contributed by atoms with van der Waals surface area (Å²) in [4.78, 5) is 6.56. The maximum Gasteiger partial charge on any atom is 0.128 e. The van der Waals surface area contributed by atoms with Crippen LogP contribution in [0.25, 0.3) is 0 Å². The Morgan fingerprint density at radius 3 is 2.88 bits per heavy atom. The largest absolute Gasteiger partial charge is 0.392 e. The maximum absolute atomic E-state index is 8.95. The third-order valence-corrected chi connectivity index (χ3v) is 2.74. The van der Waals surface area contributed by atoms with Crippen molar-refractivity contribution in [2.45, 2.75) is 26.1 Å². The van der Waals surface area contributed by atoms with Crippen LogP contribution >= 0.6 is 0 Å². The lowest BCUT2D eigenvalue weighted by Crippen LogP contribution is -2.48. The molecule has 0 radical (unpaired) electrons. The van der Waals surface area contributed by atoms with Crippen molar-refractivity contribution in [3.8, 4) is 0 Å². The van der Waals surface area contributed by atoms with E-state index in [1.807, 2.05) is 12.1 Å². The van der Waals surface area contributed by atoms with E-state index < -0.39 is 0 Å². The van der Waals surface area contributed by atoms with Gasteiger partial charge in [0.1, 0.15) is 5.82 Å². The number of aliphatic hydroxyl groups excluding tert-OH is 1. The molecule has 0 aromatic carbocycles. The smallest absolute Gasteiger partial charge is 0.128 e. The van der Waals surface area contributed by atoms with E-state index in [1.165, 1.54) is 0 Å². The Bertz CT molecular complexity index is 349. The summed E-state index contributed by atoms with van der Waals surface area (Å²) in [7, 11) is 0. The van der Waals surface area contributed by atoms with Crippen molar-refractivity contribution in [2.75, 3.05) is 24.6 Å².